The Labute approximate surface area is 141 Å². The Morgan fingerprint density at radius 3 is 2.35 bits per heavy atom. The number of hydrogen-bond acceptors (Lipinski definition) is 2. The number of rotatable bonds is 0. The lowest BCUT2D eigenvalue weighted by atomic mass is 9.48. The van der Waals surface area contributed by atoms with Crippen molar-refractivity contribution in [1.29, 1.82) is 5.26 Å². The van der Waals surface area contributed by atoms with Crippen LogP contribution in [0.3, 0.4) is 0 Å². The van der Waals surface area contributed by atoms with Crippen LogP contribution in [0.4, 0.5) is 0 Å². The molecule has 0 aliphatic heterocycles. The third-order valence-corrected chi connectivity index (χ3v) is 8.82. The van der Waals surface area contributed by atoms with E-state index in [0.29, 0.717) is 17.8 Å². The van der Waals surface area contributed by atoms with Crippen molar-refractivity contribution in [3.8, 4) is 6.07 Å². The van der Waals surface area contributed by atoms with Crippen LogP contribution in [0.2, 0.25) is 0 Å². The molecule has 0 amide bonds. The first-order valence-electron chi connectivity index (χ1n) is 9.93. The molecule has 0 spiro atoms. The number of nitrogens with zero attached hydrogens (tertiary/aromatic N) is 1. The normalized spacial score (nSPS) is 54.5. The Kier molecular flexibility index (Phi) is 3.45. The molecular weight excluding hydrogens is 282 g/mol. The average molecular weight is 316 g/mol. The maximum absolute atomic E-state index is 10.9. The minimum Gasteiger partial charge on any atom is -0.375 e. The van der Waals surface area contributed by atoms with Crippen LogP contribution in [0, 0.1) is 51.8 Å². The van der Waals surface area contributed by atoms with E-state index in [-0.39, 0.29) is 5.41 Å². The van der Waals surface area contributed by atoms with Gasteiger partial charge in [0.2, 0.25) is 0 Å². The molecule has 4 aliphatic carbocycles. The Bertz CT molecular complexity index is 534. The van der Waals surface area contributed by atoms with Gasteiger partial charge in [0.15, 0.2) is 5.60 Å². The summed E-state index contributed by atoms with van der Waals surface area (Å²) in [7, 11) is 0. The van der Waals surface area contributed by atoms with Gasteiger partial charge in [-0.3, -0.25) is 0 Å². The Balaban J connectivity index is 1.58. The topological polar surface area (TPSA) is 44.0 Å². The Hall–Kier alpha value is -0.550. The molecule has 4 saturated carbocycles. The number of aliphatic hydroxyl groups is 1. The van der Waals surface area contributed by atoms with E-state index in [1.165, 1.54) is 38.5 Å². The van der Waals surface area contributed by atoms with Crippen LogP contribution < -0.4 is 0 Å². The van der Waals surface area contributed by atoms with Gasteiger partial charge in [-0.15, -0.1) is 0 Å². The summed E-state index contributed by atoms with van der Waals surface area (Å²) in [5.74, 6) is 4.12. The van der Waals surface area contributed by atoms with Crippen LogP contribution in [-0.2, 0) is 0 Å². The predicted octanol–water partition coefficient (Wildman–Crippen LogP) is 4.92. The third-order valence-electron chi connectivity index (χ3n) is 8.82. The van der Waals surface area contributed by atoms with Gasteiger partial charge >= 0.3 is 0 Å². The highest BCUT2D eigenvalue weighted by Crippen LogP contribution is 2.65. The molecule has 2 nitrogen and oxygen atoms in total. The zero-order chi connectivity index (χ0) is 16.5. The van der Waals surface area contributed by atoms with Crippen molar-refractivity contribution in [2.75, 3.05) is 0 Å². The molecule has 4 aliphatic rings. The van der Waals surface area contributed by atoms with E-state index in [2.05, 4.69) is 26.8 Å². The average Bonchev–Trinajstić information content (AvgIpc) is 2.78. The summed E-state index contributed by atoms with van der Waals surface area (Å²) in [5, 5.41) is 20.5. The van der Waals surface area contributed by atoms with Crippen molar-refractivity contribution in [2.24, 2.45) is 40.4 Å². The lowest BCUT2D eigenvalue weighted by molar-refractivity contribution is -0.111. The molecular formula is C21H33NO. The van der Waals surface area contributed by atoms with E-state index in [9.17, 15) is 10.4 Å². The van der Waals surface area contributed by atoms with Crippen LogP contribution in [0.1, 0.15) is 78.6 Å². The summed E-state index contributed by atoms with van der Waals surface area (Å²) in [6.07, 6.45) is 11.1. The fraction of sp³-hybridized carbons (Fsp3) is 0.952. The Morgan fingerprint density at radius 2 is 1.61 bits per heavy atom. The van der Waals surface area contributed by atoms with Gasteiger partial charge in [0, 0.05) is 5.41 Å². The highest BCUT2D eigenvalue weighted by atomic mass is 16.3. The third kappa shape index (κ3) is 2.15. The minimum absolute atomic E-state index is 0.149. The minimum atomic E-state index is -1.06. The number of nitriles is 1. The van der Waals surface area contributed by atoms with E-state index in [0.717, 1.165) is 36.5 Å². The standard InChI is InChI=1S/C21H33NO/c1-19(2)9-6-15-14(12-19)4-5-17-16(15)7-10-20(3)18(17)8-11-21(20,23)13-22/h14-18,23H,4-12H2,1-3H3/t14-,15+,16-,17-,18+,20+,21?/m1/s1. The summed E-state index contributed by atoms with van der Waals surface area (Å²) in [5.41, 5.74) is -0.663. The molecule has 7 atom stereocenters. The fourth-order valence-electron chi connectivity index (χ4n) is 7.51. The summed E-state index contributed by atoms with van der Waals surface area (Å²) >= 11 is 0. The van der Waals surface area contributed by atoms with Crippen LogP contribution in [-0.4, -0.2) is 10.7 Å². The molecule has 0 radical (unpaired) electrons. The zero-order valence-electron chi connectivity index (χ0n) is 15.1. The first kappa shape index (κ1) is 15.9. The highest BCUT2D eigenvalue weighted by Gasteiger charge is 2.63. The van der Waals surface area contributed by atoms with Gasteiger partial charge in [-0.1, -0.05) is 20.8 Å². The molecule has 4 fully saturated rings. The van der Waals surface area contributed by atoms with E-state index in [4.69, 9.17) is 0 Å². The van der Waals surface area contributed by atoms with E-state index in [1.807, 2.05) is 0 Å². The zero-order valence-corrected chi connectivity index (χ0v) is 15.1. The van der Waals surface area contributed by atoms with Crippen LogP contribution in [0.15, 0.2) is 0 Å². The molecule has 0 aromatic carbocycles. The van der Waals surface area contributed by atoms with Crippen LogP contribution in [0.5, 0.6) is 0 Å². The molecule has 2 heteroatoms. The first-order valence-corrected chi connectivity index (χ1v) is 9.93. The first-order chi connectivity index (χ1) is 10.8. The smallest absolute Gasteiger partial charge is 0.156 e. The van der Waals surface area contributed by atoms with Gasteiger partial charge in [0.05, 0.1) is 6.07 Å². The van der Waals surface area contributed by atoms with Gasteiger partial charge < -0.3 is 5.11 Å². The number of fused-ring (bicyclic) bond motifs is 5. The predicted molar refractivity (Wildman–Crippen MR) is 91.5 cm³/mol. The molecule has 0 bridgehead atoms. The van der Waals surface area contributed by atoms with Gasteiger partial charge in [0.1, 0.15) is 0 Å². The van der Waals surface area contributed by atoms with Crippen molar-refractivity contribution in [3.05, 3.63) is 0 Å². The highest BCUT2D eigenvalue weighted by molar-refractivity contribution is 5.20. The maximum Gasteiger partial charge on any atom is 0.156 e. The maximum atomic E-state index is 10.9. The Morgan fingerprint density at radius 1 is 0.870 bits per heavy atom. The largest absolute Gasteiger partial charge is 0.375 e. The summed E-state index contributed by atoms with van der Waals surface area (Å²) in [4.78, 5) is 0. The monoisotopic (exact) mass is 315 g/mol. The molecule has 0 aromatic heterocycles. The molecule has 23 heavy (non-hydrogen) atoms. The fourth-order valence-corrected chi connectivity index (χ4v) is 7.51. The van der Waals surface area contributed by atoms with Gasteiger partial charge in [-0.25, -0.2) is 0 Å². The van der Waals surface area contributed by atoms with Crippen molar-refractivity contribution in [3.63, 3.8) is 0 Å². The lowest BCUT2D eigenvalue weighted by Gasteiger charge is -2.57. The second kappa shape index (κ2) is 4.98. The molecule has 128 valence electrons. The lowest BCUT2D eigenvalue weighted by Crippen LogP contribution is -2.53. The molecule has 0 saturated heterocycles. The molecule has 0 aromatic rings. The van der Waals surface area contributed by atoms with E-state index >= 15 is 0 Å². The summed E-state index contributed by atoms with van der Waals surface area (Å²) in [6.45, 7) is 7.13. The van der Waals surface area contributed by atoms with Gasteiger partial charge in [0.25, 0.3) is 0 Å². The number of hydrogen-bond donors (Lipinski definition) is 1. The van der Waals surface area contributed by atoms with Crippen molar-refractivity contribution in [2.45, 2.75) is 84.2 Å². The van der Waals surface area contributed by atoms with Crippen LogP contribution >= 0.6 is 0 Å². The van der Waals surface area contributed by atoms with E-state index in [1.54, 1.807) is 0 Å². The second-order valence-corrected chi connectivity index (χ2v) is 10.3. The van der Waals surface area contributed by atoms with Crippen molar-refractivity contribution in [1.82, 2.24) is 0 Å². The van der Waals surface area contributed by atoms with Gasteiger partial charge in [-0.05, 0) is 92.8 Å². The molecule has 1 unspecified atom stereocenters. The molecule has 1 N–H and O–H groups in total. The summed E-state index contributed by atoms with van der Waals surface area (Å²) < 4.78 is 0. The quantitative estimate of drug-likeness (QED) is 0.645. The van der Waals surface area contributed by atoms with Gasteiger partial charge in [-0.2, -0.15) is 5.26 Å². The summed E-state index contributed by atoms with van der Waals surface area (Å²) in [6, 6.07) is 2.30. The molecule has 0 heterocycles. The van der Waals surface area contributed by atoms with Crippen LogP contribution in [0.25, 0.3) is 0 Å². The van der Waals surface area contributed by atoms with Crippen molar-refractivity contribution >= 4 is 0 Å². The van der Waals surface area contributed by atoms with Crippen molar-refractivity contribution < 1.29 is 5.11 Å². The molecule has 4 rings (SSSR count). The SMILES string of the molecule is CC1(C)CC[C@H]2[C@H](CC[C@@H]3[C@@H]2CC[C@@]2(C)[C@H]3CCC2(O)C#N)C1. The second-order valence-electron chi connectivity index (χ2n) is 10.3. The van der Waals surface area contributed by atoms with E-state index < -0.39 is 5.60 Å².